The topological polar surface area (TPSA) is 96.0 Å². The Bertz CT molecular complexity index is 346. The molecule has 3 N–H and O–H groups in total. The van der Waals surface area contributed by atoms with Crippen LogP contribution in [0.4, 0.5) is 4.39 Å². The quantitative estimate of drug-likeness (QED) is 0.657. The number of hydrogen-bond acceptors (Lipinski definition) is 4. The standard InChI is InChI=1S/C8H8FN3O2.C2H6/c9-6-2-4(1-5(11)3-10)7(13)12-8(6)14;1-2/h2,5-6H,1,11H2,(H,12,13,14);1-2H3. The second-order valence-corrected chi connectivity index (χ2v) is 2.85. The summed E-state index contributed by atoms with van der Waals surface area (Å²) in [5, 5.41) is 10.2. The van der Waals surface area contributed by atoms with Crippen molar-refractivity contribution in [3.05, 3.63) is 11.6 Å². The first-order chi connectivity index (χ1) is 7.54. The molecular weight excluding hydrogens is 213 g/mol. The molecule has 0 radical (unpaired) electrons. The minimum absolute atomic E-state index is 0.0335. The van der Waals surface area contributed by atoms with Crippen LogP contribution in [0.3, 0.4) is 0 Å². The smallest absolute Gasteiger partial charge is 0.265 e. The van der Waals surface area contributed by atoms with Gasteiger partial charge in [-0.25, -0.2) is 4.39 Å². The van der Waals surface area contributed by atoms with Gasteiger partial charge in [0.2, 0.25) is 0 Å². The normalized spacial score (nSPS) is 20.9. The van der Waals surface area contributed by atoms with Crippen LogP contribution in [0, 0.1) is 11.3 Å². The average molecular weight is 227 g/mol. The second-order valence-electron chi connectivity index (χ2n) is 2.85. The molecule has 0 aromatic carbocycles. The molecule has 1 aliphatic heterocycles. The molecule has 0 saturated heterocycles. The van der Waals surface area contributed by atoms with E-state index in [1.54, 1.807) is 6.07 Å². The van der Waals surface area contributed by atoms with E-state index in [1.165, 1.54) is 0 Å². The minimum atomic E-state index is -1.84. The van der Waals surface area contributed by atoms with E-state index in [0.717, 1.165) is 6.08 Å². The third-order valence-corrected chi connectivity index (χ3v) is 1.73. The van der Waals surface area contributed by atoms with Gasteiger partial charge in [0, 0.05) is 12.0 Å². The molecule has 0 aromatic rings. The Balaban J connectivity index is 0.00000106. The van der Waals surface area contributed by atoms with Gasteiger partial charge in [-0.15, -0.1) is 0 Å². The predicted molar refractivity (Wildman–Crippen MR) is 55.7 cm³/mol. The van der Waals surface area contributed by atoms with Crippen molar-refractivity contribution in [2.75, 3.05) is 0 Å². The molecule has 2 atom stereocenters. The Kier molecular flexibility index (Phi) is 5.96. The summed E-state index contributed by atoms with van der Waals surface area (Å²) >= 11 is 0. The number of imide groups is 1. The zero-order valence-corrected chi connectivity index (χ0v) is 9.16. The molecule has 0 aromatic heterocycles. The van der Waals surface area contributed by atoms with Gasteiger partial charge < -0.3 is 5.73 Å². The molecule has 1 heterocycles. The SMILES string of the molecule is CC.N#CC(N)CC1=CC(F)C(=O)NC1=O. The largest absolute Gasteiger partial charge is 0.316 e. The molecule has 0 fully saturated rings. The van der Waals surface area contributed by atoms with Crippen LogP contribution in [0.15, 0.2) is 11.6 Å². The van der Waals surface area contributed by atoms with E-state index < -0.39 is 24.0 Å². The van der Waals surface area contributed by atoms with Gasteiger partial charge in [0.05, 0.1) is 12.1 Å². The number of nitrogens with zero attached hydrogens (tertiary/aromatic N) is 1. The third-order valence-electron chi connectivity index (χ3n) is 1.73. The Morgan fingerprint density at radius 3 is 2.69 bits per heavy atom. The van der Waals surface area contributed by atoms with Crippen LogP contribution in [-0.4, -0.2) is 24.0 Å². The molecule has 88 valence electrons. The van der Waals surface area contributed by atoms with Crippen molar-refractivity contribution in [2.45, 2.75) is 32.5 Å². The molecule has 2 amide bonds. The lowest BCUT2D eigenvalue weighted by atomic mass is 10.0. The van der Waals surface area contributed by atoms with Crippen molar-refractivity contribution in [3.8, 4) is 6.07 Å². The zero-order chi connectivity index (χ0) is 12.7. The van der Waals surface area contributed by atoms with Crippen molar-refractivity contribution in [1.29, 1.82) is 5.26 Å². The molecule has 16 heavy (non-hydrogen) atoms. The lowest BCUT2D eigenvalue weighted by Crippen LogP contribution is -2.42. The van der Waals surface area contributed by atoms with E-state index >= 15 is 0 Å². The fourth-order valence-electron chi connectivity index (χ4n) is 1.03. The number of nitriles is 1. The Hall–Kier alpha value is -1.74. The van der Waals surface area contributed by atoms with Crippen molar-refractivity contribution in [2.24, 2.45) is 5.73 Å². The summed E-state index contributed by atoms with van der Waals surface area (Å²) in [6, 6.07) is 0.840. The number of nitrogens with one attached hydrogen (secondary N) is 1. The van der Waals surface area contributed by atoms with Gasteiger partial charge in [0.1, 0.15) is 0 Å². The molecule has 0 spiro atoms. The van der Waals surface area contributed by atoms with Crippen LogP contribution in [0.25, 0.3) is 0 Å². The molecule has 5 nitrogen and oxygen atoms in total. The Morgan fingerprint density at radius 2 is 2.19 bits per heavy atom. The molecule has 1 aliphatic rings. The Labute approximate surface area is 93.1 Å². The van der Waals surface area contributed by atoms with Gasteiger partial charge in [0.15, 0.2) is 6.17 Å². The number of hydrogen-bond donors (Lipinski definition) is 2. The fourth-order valence-corrected chi connectivity index (χ4v) is 1.03. The second kappa shape index (κ2) is 6.69. The number of nitrogens with two attached hydrogens (primary N) is 1. The van der Waals surface area contributed by atoms with Crippen molar-refractivity contribution < 1.29 is 14.0 Å². The highest BCUT2D eigenvalue weighted by Crippen LogP contribution is 2.12. The predicted octanol–water partition coefficient (Wildman–Crippen LogP) is 0.174. The van der Waals surface area contributed by atoms with Crippen LogP contribution in [0.1, 0.15) is 20.3 Å². The van der Waals surface area contributed by atoms with E-state index in [0.29, 0.717) is 0 Å². The first kappa shape index (κ1) is 14.3. The molecule has 0 aliphatic carbocycles. The maximum absolute atomic E-state index is 12.8. The molecule has 0 saturated carbocycles. The van der Waals surface area contributed by atoms with Crippen LogP contribution >= 0.6 is 0 Å². The van der Waals surface area contributed by atoms with E-state index in [9.17, 15) is 14.0 Å². The summed E-state index contributed by atoms with van der Waals surface area (Å²) in [5.41, 5.74) is 5.29. The molecule has 0 bridgehead atoms. The summed E-state index contributed by atoms with van der Waals surface area (Å²) in [6.45, 7) is 4.00. The molecular formula is C10H14FN3O2. The van der Waals surface area contributed by atoms with Crippen molar-refractivity contribution in [1.82, 2.24) is 5.32 Å². The van der Waals surface area contributed by atoms with Crippen molar-refractivity contribution in [3.63, 3.8) is 0 Å². The minimum Gasteiger partial charge on any atom is -0.316 e. The number of rotatable bonds is 2. The van der Waals surface area contributed by atoms with E-state index in [-0.39, 0.29) is 12.0 Å². The maximum atomic E-state index is 12.8. The van der Waals surface area contributed by atoms with Crippen LogP contribution in [-0.2, 0) is 9.59 Å². The van der Waals surface area contributed by atoms with E-state index in [4.69, 9.17) is 11.0 Å². The zero-order valence-electron chi connectivity index (χ0n) is 9.16. The van der Waals surface area contributed by atoms with Gasteiger partial charge in [-0.3, -0.25) is 14.9 Å². The first-order valence-corrected chi connectivity index (χ1v) is 4.89. The van der Waals surface area contributed by atoms with Gasteiger partial charge in [-0.1, -0.05) is 13.8 Å². The third kappa shape index (κ3) is 3.79. The summed E-state index contributed by atoms with van der Waals surface area (Å²) in [6.07, 6.45) is -1.01. The van der Waals surface area contributed by atoms with Crippen molar-refractivity contribution >= 4 is 11.8 Å². The maximum Gasteiger partial charge on any atom is 0.265 e. The molecule has 2 unspecified atom stereocenters. The van der Waals surface area contributed by atoms with Crippen LogP contribution < -0.4 is 11.1 Å². The first-order valence-electron chi connectivity index (χ1n) is 4.89. The summed E-state index contributed by atoms with van der Waals surface area (Å²) in [5.74, 6) is -1.67. The molecule has 1 rings (SSSR count). The number of alkyl halides is 1. The average Bonchev–Trinajstić information content (AvgIpc) is 2.28. The number of carbonyl (C=O) groups is 2. The highest BCUT2D eigenvalue weighted by Gasteiger charge is 2.27. The highest BCUT2D eigenvalue weighted by atomic mass is 19.1. The van der Waals surface area contributed by atoms with Gasteiger partial charge in [-0.05, 0) is 6.08 Å². The van der Waals surface area contributed by atoms with Crippen LogP contribution in [0.5, 0.6) is 0 Å². The van der Waals surface area contributed by atoms with Crippen LogP contribution in [0.2, 0.25) is 0 Å². The lowest BCUT2D eigenvalue weighted by Gasteiger charge is -2.15. The number of halogens is 1. The number of carbonyl (C=O) groups excluding carboxylic acids is 2. The lowest BCUT2D eigenvalue weighted by molar-refractivity contribution is -0.132. The van der Waals surface area contributed by atoms with E-state index in [1.807, 2.05) is 19.2 Å². The Morgan fingerprint density at radius 1 is 1.62 bits per heavy atom. The summed E-state index contributed by atoms with van der Waals surface area (Å²) in [7, 11) is 0. The van der Waals surface area contributed by atoms with Gasteiger partial charge >= 0.3 is 0 Å². The molecule has 6 heteroatoms. The summed E-state index contributed by atoms with van der Waals surface area (Å²) in [4.78, 5) is 21.7. The monoisotopic (exact) mass is 227 g/mol. The fraction of sp³-hybridized carbons (Fsp3) is 0.500. The highest BCUT2D eigenvalue weighted by molar-refractivity contribution is 6.09. The number of amides is 2. The van der Waals surface area contributed by atoms with Gasteiger partial charge in [0.25, 0.3) is 11.8 Å². The van der Waals surface area contributed by atoms with E-state index in [2.05, 4.69) is 0 Å². The summed E-state index contributed by atoms with van der Waals surface area (Å²) < 4.78 is 12.8. The van der Waals surface area contributed by atoms with Gasteiger partial charge in [-0.2, -0.15) is 5.26 Å².